The Labute approximate surface area is 173 Å². The number of halogens is 3. The van der Waals surface area contributed by atoms with Crippen LogP contribution in [-0.4, -0.2) is 36.0 Å². The minimum atomic E-state index is -2.98. The Kier molecular flexibility index (Phi) is 4.32. The molecule has 30 heavy (non-hydrogen) atoms. The fourth-order valence-electron chi connectivity index (χ4n) is 3.34. The Morgan fingerprint density at radius 3 is 2.80 bits per heavy atom. The summed E-state index contributed by atoms with van der Waals surface area (Å²) in [6.07, 6.45) is 5.02. The highest BCUT2D eigenvalue weighted by Crippen LogP contribution is 2.32. The highest BCUT2D eigenvalue weighted by molar-refractivity contribution is 6.30. The molecule has 10 heteroatoms. The van der Waals surface area contributed by atoms with Crippen molar-refractivity contribution in [2.45, 2.75) is 13.5 Å². The maximum absolute atomic E-state index is 12.9. The number of benzene rings is 1. The zero-order valence-electron chi connectivity index (χ0n) is 15.5. The second kappa shape index (κ2) is 7.03. The van der Waals surface area contributed by atoms with Crippen molar-refractivity contribution < 1.29 is 13.5 Å². The van der Waals surface area contributed by atoms with Gasteiger partial charge < -0.3 is 4.74 Å². The zero-order chi connectivity index (χ0) is 20.8. The number of fused-ring (bicyclic) bond motifs is 2. The van der Waals surface area contributed by atoms with E-state index >= 15 is 0 Å². The van der Waals surface area contributed by atoms with Crippen LogP contribution in [0.2, 0.25) is 5.02 Å². The molecule has 150 valence electrons. The van der Waals surface area contributed by atoms with Crippen LogP contribution >= 0.6 is 11.6 Å². The van der Waals surface area contributed by atoms with Crippen LogP contribution in [0.1, 0.15) is 5.69 Å². The van der Waals surface area contributed by atoms with Gasteiger partial charge in [0, 0.05) is 22.8 Å². The molecule has 0 bridgehead atoms. The normalized spacial score (nSPS) is 11.6. The molecule has 0 radical (unpaired) electrons. The van der Waals surface area contributed by atoms with Gasteiger partial charge in [-0.15, -0.1) is 0 Å². The summed E-state index contributed by atoms with van der Waals surface area (Å²) in [5, 5.41) is 9.96. The number of rotatable bonds is 4. The summed E-state index contributed by atoms with van der Waals surface area (Å²) in [7, 11) is 0. The van der Waals surface area contributed by atoms with Gasteiger partial charge in [0.05, 0.1) is 23.1 Å². The molecule has 5 rings (SSSR count). The fourth-order valence-corrected chi connectivity index (χ4v) is 3.50. The highest BCUT2D eigenvalue weighted by Gasteiger charge is 2.18. The number of nitrogens with zero attached hydrogens (tertiary/aromatic N) is 6. The Hall–Kier alpha value is -3.59. The molecule has 7 nitrogen and oxygen atoms in total. The summed E-state index contributed by atoms with van der Waals surface area (Å²) < 4.78 is 33.7. The molecule has 0 atom stereocenters. The van der Waals surface area contributed by atoms with Gasteiger partial charge in [-0.2, -0.15) is 19.0 Å². The molecule has 0 saturated carbocycles. The topological polar surface area (TPSA) is 70.1 Å². The molecule has 0 aliphatic rings. The van der Waals surface area contributed by atoms with E-state index in [9.17, 15) is 8.78 Å². The average molecular weight is 427 g/mol. The first-order chi connectivity index (χ1) is 14.5. The molecule has 0 aliphatic heterocycles. The van der Waals surface area contributed by atoms with Crippen LogP contribution in [-0.2, 0) is 0 Å². The van der Waals surface area contributed by atoms with E-state index in [1.54, 1.807) is 35.2 Å². The third-order valence-electron chi connectivity index (χ3n) is 4.66. The van der Waals surface area contributed by atoms with Gasteiger partial charge in [0.2, 0.25) is 0 Å². The third kappa shape index (κ3) is 3.03. The lowest BCUT2D eigenvalue weighted by Gasteiger charge is -2.12. The maximum Gasteiger partial charge on any atom is 0.387 e. The Balaban J connectivity index is 1.73. The average Bonchev–Trinajstić information content (AvgIpc) is 3.30. The molecule has 0 spiro atoms. The molecule has 0 fully saturated rings. The summed E-state index contributed by atoms with van der Waals surface area (Å²) in [5.74, 6) is -0.0337. The van der Waals surface area contributed by atoms with Crippen LogP contribution in [0.25, 0.3) is 33.6 Å². The third-order valence-corrected chi connectivity index (χ3v) is 4.89. The van der Waals surface area contributed by atoms with Gasteiger partial charge in [-0.3, -0.25) is 4.98 Å². The summed E-state index contributed by atoms with van der Waals surface area (Å²) in [6, 6.07) is 9.84. The second-order valence-corrected chi connectivity index (χ2v) is 6.95. The van der Waals surface area contributed by atoms with Crippen molar-refractivity contribution in [3.8, 4) is 22.8 Å². The van der Waals surface area contributed by atoms with Crippen LogP contribution in [0.4, 0.5) is 8.78 Å². The predicted molar refractivity (Wildman–Crippen MR) is 107 cm³/mol. The smallest absolute Gasteiger partial charge is 0.387 e. The van der Waals surface area contributed by atoms with E-state index in [-0.39, 0.29) is 5.75 Å². The van der Waals surface area contributed by atoms with E-state index in [0.717, 1.165) is 5.39 Å². The first-order valence-electron chi connectivity index (χ1n) is 8.90. The minimum Gasteiger partial charge on any atom is -0.433 e. The first-order valence-corrected chi connectivity index (χ1v) is 9.28. The highest BCUT2D eigenvalue weighted by atomic mass is 35.5. The van der Waals surface area contributed by atoms with Crippen LogP contribution in [0.5, 0.6) is 5.75 Å². The van der Waals surface area contributed by atoms with Crippen molar-refractivity contribution in [1.82, 2.24) is 29.4 Å². The molecule has 5 aromatic rings. The first kappa shape index (κ1) is 18.4. The minimum absolute atomic E-state index is 0.0337. The van der Waals surface area contributed by atoms with Crippen molar-refractivity contribution in [3.05, 3.63) is 65.7 Å². The van der Waals surface area contributed by atoms with Crippen molar-refractivity contribution in [2.75, 3.05) is 0 Å². The molecule has 1 aromatic carbocycles. The van der Waals surface area contributed by atoms with Crippen molar-refractivity contribution in [1.29, 1.82) is 0 Å². The predicted octanol–water partition coefficient (Wildman–Crippen LogP) is 4.69. The number of imidazole rings is 1. The number of aryl methyl sites for hydroxylation is 1. The Morgan fingerprint density at radius 2 is 1.97 bits per heavy atom. The Bertz CT molecular complexity index is 1400. The lowest BCUT2D eigenvalue weighted by molar-refractivity contribution is -0.0498. The van der Waals surface area contributed by atoms with Crippen LogP contribution in [0.3, 0.4) is 0 Å². The van der Waals surface area contributed by atoms with Gasteiger partial charge in [-0.05, 0) is 43.3 Å². The van der Waals surface area contributed by atoms with Gasteiger partial charge in [-0.1, -0.05) is 11.6 Å². The van der Waals surface area contributed by atoms with Crippen molar-refractivity contribution >= 4 is 28.2 Å². The summed E-state index contributed by atoms with van der Waals surface area (Å²) >= 11 is 6.12. The Morgan fingerprint density at radius 1 is 1.10 bits per heavy atom. The largest absolute Gasteiger partial charge is 0.433 e. The molecular formula is C20H13ClF2N6O. The molecule has 4 aromatic heterocycles. The second-order valence-electron chi connectivity index (χ2n) is 6.51. The number of ether oxygens (including phenoxy) is 1. The zero-order valence-corrected chi connectivity index (χ0v) is 16.3. The van der Waals surface area contributed by atoms with Gasteiger partial charge in [0.1, 0.15) is 11.4 Å². The number of pyridine rings is 1. The quantitative estimate of drug-likeness (QED) is 0.417. The van der Waals surface area contributed by atoms with Crippen molar-refractivity contribution in [3.63, 3.8) is 0 Å². The number of hydrogen-bond acceptors (Lipinski definition) is 5. The molecule has 0 saturated heterocycles. The lowest BCUT2D eigenvalue weighted by Crippen LogP contribution is -2.07. The number of hydrogen-bond donors (Lipinski definition) is 0. The van der Waals surface area contributed by atoms with Crippen LogP contribution in [0, 0.1) is 6.92 Å². The molecule has 0 amide bonds. The standard InChI is InChI=1S/C20H13ClF2N6O/c1-11-13-9-24-14(17-10-25-19-3-2-6-26-29(17)19)8-15(13)28(27-11)16-7-12(21)4-5-18(16)30-20(22)23/h2-10,20H,1H3. The summed E-state index contributed by atoms with van der Waals surface area (Å²) in [6.45, 7) is -1.16. The summed E-state index contributed by atoms with van der Waals surface area (Å²) in [4.78, 5) is 8.86. The van der Waals surface area contributed by atoms with Gasteiger partial charge >= 0.3 is 6.61 Å². The maximum atomic E-state index is 12.9. The monoisotopic (exact) mass is 426 g/mol. The van der Waals surface area contributed by atoms with E-state index in [4.69, 9.17) is 11.6 Å². The molecule has 0 unspecified atom stereocenters. The number of aromatic nitrogens is 6. The molecule has 0 aliphatic carbocycles. The van der Waals surface area contributed by atoms with Crippen molar-refractivity contribution in [2.24, 2.45) is 0 Å². The van der Waals surface area contributed by atoms with E-state index in [2.05, 4.69) is 24.9 Å². The molecular weight excluding hydrogens is 414 g/mol. The van der Waals surface area contributed by atoms with Crippen LogP contribution in [0.15, 0.2) is 55.0 Å². The van der Waals surface area contributed by atoms with Gasteiger partial charge in [0.15, 0.2) is 11.4 Å². The number of alkyl halides is 2. The lowest BCUT2D eigenvalue weighted by atomic mass is 10.2. The van der Waals surface area contributed by atoms with E-state index in [0.29, 0.717) is 39.0 Å². The van der Waals surface area contributed by atoms with E-state index in [1.165, 1.54) is 22.9 Å². The van der Waals surface area contributed by atoms with Gasteiger partial charge in [-0.25, -0.2) is 14.2 Å². The SMILES string of the molecule is Cc1nn(-c2cc(Cl)ccc2OC(F)F)c2cc(-c3cnc4cccnn34)ncc12. The molecule has 0 N–H and O–H groups in total. The molecule has 4 heterocycles. The fraction of sp³-hybridized carbons (Fsp3) is 0.100. The summed E-state index contributed by atoms with van der Waals surface area (Å²) in [5.41, 5.74) is 3.62. The van der Waals surface area contributed by atoms with E-state index in [1.807, 2.05) is 13.0 Å². The van der Waals surface area contributed by atoms with Gasteiger partial charge in [0.25, 0.3) is 0 Å². The van der Waals surface area contributed by atoms with Crippen LogP contribution < -0.4 is 4.74 Å². The van der Waals surface area contributed by atoms with E-state index < -0.39 is 6.61 Å².